The van der Waals surface area contributed by atoms with Crippen LogP contribution in [0, 0.1) is 0 Å². The van der Waals surface area contributed by atoms with Crippen LogP contribution in [0.15, 0.2) is 12.3 Å². The van der Waals surface area contributed by atoms with Gasteiger partial charge in [0.25, 0.3) is 0 Å². The van der Waals surface area contributed by atoms with Crippen LogP contribution in [0.5, 0.6) is 0 Å². The number of nitrogens with one attached hydrogen (secondary N) is 1. The van der Waals surface area contributed by atoms with Gasteiger partial charge in [0.1, 0.15) is 16.3 Å². The lowest BCUT2D eigenvalue weighted by Crippen LogP contribution is -2.49. The molecule has 1 aromatic rings. The van der Waals surface area contributed by atoms with E-state index in [2.05, 4.69) is 10.3 Å². The zero-order valence-electron chi connectivity index (χ0n) is 14.2. The first-order chi connectivity index (χ1) is 11.0. The van der Waals surface area contributed by atoms with Crippen LogP contribution in [0.4, 0.5) is 10.5 Å². The molecule has 1 fully saturated rings. The van der Waals surface area contributed by atoms with Crippen molar-refractivity contribution < 1.29 is 19.4 Å². The van der Waals surface area contributed by atoms with Crippen LogP contribution in [0.3, 0.4) is 0 Å². The molecular weight excluding hydrogens is 334 g/mol. The van der Waals surface area contributed by atoms with Crippen LogP contribution in [-0.4, -0.2) is 46.4 Å². The van der Waals surface area contributed by atoms with Crippen molar-refractivity contribution in [2.75, 3.05) is 18.0 Å². The number of nitrogens with zero attached hydrogens (tertiary/aromatic N) is 2. The van der Waals surface area contributed by atoms with Crippen LogP contribution in [0.25, 0.3) is 0 Å². The van der Waals surface area contributed by atoms with Crippen molar-refractivity contribution in [3.05, 3.63) is 23.0 Å². The third-order valence-electron chi connectivity index (χ3n) is 3.70. The zero-order chi connectivity index (χ0) is 18.1. The molecule has 0 bridgehead atoms. The SMILES string of the molecule is CC1(NC(=O)OC(C)(C)C)CCN(c2cc(Cl)ncc2C(=O)O)C1. The molecule has 1 aliphatic rings. The molecular formula is C16H22ClN3O4. The Bertz CT molecular complexity index is 659. The van der Waals surface area contributed by atoms with E-state index in [1.807, 2.05) is 11.8 Å². The Morgan fingerprint density at radius 2 is 2.12 bits per heavy atom. The second kappa shape index (κ2) is 6.47. The highest BCUT2D eigenvalue weighted by Crippen LogP contribution is 2.30. The Balaban J connectivity index is 2.14. The topological polar surface area (TPSA) is 91.8 Å². The number of carbonyl (C=O) groups excluding carboxylic acids is 1. The summed E-state index contributed by atoms with van der Waals surface area (Å²) >= 11 is 5.91. The summed E-state index contributed by atoms with van der Waals surface area (Å²) in [6.45, 7) is 8.34. The molecule has 2 N–H and O–H groups in total. The van der Waals surface area contributed by atoms with Gasteiger partial charge in [-0.3, -0.25) is 0 Å². The number of carboxylic acid groups (broad SMARTS) is 1. The van der Waals surface area contributed by atoms with Gasteiger partial charge < -0.3 is 20.1 Å². The average molecular weight is 356 g/mol. The molecule has 1 atom stereocenters. The number of rotatable bonds is 3. The van der Waals surface area contributed by atoms with E-state index < -0.39 is 23.2 Å². The van der Waals surface area contributed by atoms with Gasteiger partial charge in [-0.25, -0.2) is 14.6 Å². The van der Waals surface area contributed by atoms with Gasteiger partial charge in [0.2, 0.25) is 0 Å². The highest BCUT2D eigenvalue weighted by molar-refractivity contribution is 6.29. The number of carboxylic acids is 1. The number of pyridine rings is 1. The lowest BCUT2D eigenvalue weighted by molar-refractivity contribution is 0.0472. The first-order valence-electron chi connectivity index (χ1n) is 7.64. The highest BCUT2D eigenvalue weighted by Gasteiger charge is 2.37. The fourth-order valence-corrected chi connectivity index (χ4v) is 2.82. The third kappa shape index (κ3) is 4.50. The Morgan fingerprint density at radius 3 is 2.71 bits per heavy atom. The van der Waals surface area contributed by atoms with E-state index in [4.69, 9.17) is 16.3 Å². The monoisotopic (exact) mass is 355 g/mol. The number of amides is 1. The zero-order valence-corrected chi connectivity index (χ0v) is 15.0. The van der Waals surface area contributed by atoms with E-state index in [1.54, 1.807) is 20.8 Å². The van der Waals surface area contributed by atoms with E-state index in [0.717, 1.165) is 0 Å². The largest absolute Gasteiger partial charge is 0.478 e. The average Bonchev–Trinajstić information content (AvgIpc) is 2.77. The molecule has 1 amide bonds. The summed E-state index contributed by atoms with van der Waals surface area (Å²) in [6.07, 6.45) is 1.42. The van der Waals surface area contributed by atoms with E-state index >= 15 is 0 Å². The van der Waals surface area contributed by atoms with Crippen molar-refractivity contribution in [3.63, 3.8) is 0 Å². The van der Waals surface area contributed by atoms with Gasteiger partial charge in [-0.2, -0.15) is 0 Å². The summed E-state index contributed by atoms with van der Waals surface area (Å²) in [4.78, 5) is 29.1. The van der Waals surface area contributed by atoms with E-state index in [9.17, 15) is 14.7 Å². The number of aromatic carboxylic acids is 1. The number of aromatic nitrogens is 1. The predicted molar refractivity (Wildman–Crippen MR) is 90.8 cm³/mol. The maximum Gasteiger partial charge on any atom is 0.408 e. The van der Waals surface area contributed by atoms with Gasteiger partial charge in [0, 0.05) is 19.3 Å². The molecule has 24 heavy (non-hydrogen) atoms. The van der Waals surface area contributed by atoms with Gasteiger partial charge in [0.05, 0.1) is 11.2 Å². The number of hydrogen-bond donors (Lipinski definition) is 2. The molecule has 8 heteroatoms. The molecule has 0 aliphatic carbocycles. The summed E-state index contributed by atoms with van der Waals surface area (Å²) in [5.41, 5.74) is -0.514. The Kier molecular flexibility index (Phi) is 4.94. The van der Waals surface area contributed by atoms with Crippen LogP contribution in [0.2, 0.25) is 5.15 Å². The molecule has 0 radical (unpaired) electrons. The van der Waals surface area contributed by atoms with Crippen molar-refractivity contribution in [1.29, 1.82) is 0 Å². The molecule has 1 unspecified atom stereocenters. The smallest absolute Gasteiger partial charge is 0.408 e. The van der Waals surface area contributed by atoms with Gasteiger partial charge in [-0.1, -0.05) is 11.6 Å². The summed E-state index contributed by atoms with van der Waals surface area (Å²) in [6, 6.07) is 1.53. The molecule has 7 nitrogen and oxygen atoms in total. The normalized spacial score (nSPS) is 20.8. The van der Waals surface area contributed by atoms with Crippen LogP contribution in [0.1, 0.15) is 44.5 Å². The standard InChI is InChI=1S/C16H22ClN3O4/c1-15(2,3)24-14(23)19-16(4)5-6-20(9-16)11-7-12(17)18-8-10(11)13(21)22/h7-8H,5-6,9H2,1-4H3,(H,19,23)(H,21,22). The van der Waals surface area contributed by atoms with Crippen LogP contribution in [-0.2, 0) is 4.74 Å². The minimum atomic E-state index is -1.07. The first kappa shape index (κ1) is 18.3. The Hall–Kier alpha value is -2.02. The molecule has 0 saturated carbocycles. The molecule has 1 saturated heterocycles. The van der Waals surface area contributed by atoms with Gasteiger partial charge >= 0.3 is 12.1 Å². The van der Waals surface area contributed by atoms with Crippen molar-refractivity contribution in [2.24, 2.45) is 0 Å². The lowest BCUT2D eigenvalue weighted by Gasteiger charge is -2.29. The van der Waals surface area contributed by atoms with Crippen molar-refractivity contribution in [3.8, 4) is 0 Å². The molecule has 1 aromatic heterocycles. The number of ether oxygens (including phenoxy) is 1. The van der Waals surface area contributed by atoms with Gasteiger partial charge in [-0.15, -0.1) is 0 Å². The van der Waals surface area contributed by atoms with Crippen LogP contribution >= 0.6 is 11.6 Å². The van der Waals surface area contributed by atoms with Gasteiger partial charge in [-0.05, 0) is 40.2 Å². The second-order valence-corrected chi connectivity index (χ2v) is 7.58. The predicted octanol–water partition coefficient (Wildman–Crippen LogP) is 2.93. The molecule has 1 aliphatic heterocycles. The fraction of sp³-hybridized carbons (Fsp3) is 0.562. The highest BCUT2D eigenvalue weighted by atomic mass is 35.5. The summed E-state index contributed by atoms with van der Waals surface area (Å²) in [5, 5.41) is 12.4. The van der Waals surface area contributed by atoms with Gasteiger partial charge in [0.15, 0.2) is 0 Å². The molecule has 132 valence electrons. The number of anilines is 1. The summed E-state index contributed by atoms with van der Waals surface area (Å²) < 4.78 is 5.29. The fourth-order valence-electron chi connectivity index (χ4n) is 2.67. The summed E-state index contributed by atoms with van der Waals surface area (Å²) in [7, 11) is 0. The van der Waals surface area contributed by atoms with E-state index in [-0.39, 0.29) is 10.7 Å². The lowest BCUT2D eigenvalue weighted by atomic mass is 10.0. The second-order valence-electron chi connectivity index (χ2n) is 7.19. The Morgan fingerprint density at radius 1 is 1.46 bits per heavy atom. The number of hydrogen-bond acceptors (Lipinski definition) is 5. The van der Waals surface area contributed by atoms with Crippen molar-refractivity contribution in [1.82, 2.24) is 10.3 Å². The van der Waals surface area contributed by atoms with E-state index in [1.165, 1.54) is 12.3 Å². The minimum absolute atomic E-state index is 0.0842. The van der Waals surface area contributed by atoms with Crippen LogP contribution < -0.4 is 10.2 Å². The maximum atomic E-state index is 12.0. The third-order valence-corrected chi connectivity index (χ3v) is 3.90. The summed E-state index contributed by atoms with van der Waals surface area (Å²) in [5.74, 6) is -1.07. The molecule has 2 heterocycles. The van der Waals surface area contributed by atoms with Crippen molar-refractivity contribution in [2.45, 2.75) is 45.3 Å². The van der Waals surface area contributed by atoms with Crippen molar-refractivity contribution >= 4 is 29.4 Å². The molecule has 0 spiro atoms. The van der Waals surface area contributed by atoms with E-state index in [0.29, 0.717) is 25.2 Å². The quantitative estimate of drug-likeness (QED) is 0.810. The minimum Gasteiger partial charge on any atom is -0.478 e. The Labute approximate surface area is 146 Å². The molecule has 2 rings (SSSR count). The number of carbonyl (C=O) groups is 2. The number of halogens is 1. The molecule has 0 aromatic carbocycles. The first-order valence-corrected chi connectivity index (χ1v) is 8.02. The number of alkyl carbamates (subject to hydrolysis) is 1. The maximum absolute atomic E-state index is 12.0.